The zero-order valence-electron chi connectivity index (χ0n) is 21.6. The number of nitrogens with zero attached hydrogens (tertiary/aromatic N) is 5. The summed E-state index contributed by atoms with van der Waals surface area (Å²) >= 11 is 12.6. The van der Waals surface area contributed by atoms with Crippen LogP contribution < -0.4 is 9.80 Å². The van der Waals surface area contributed by atoms with Crippen LogP contribution in [0.1, 0.15) is 51.8 Å². The van der Waals surface area contributed by atoms with Gasteiger partial charge in [-0.1, -0.05) is 37.0 Å². The van der Waals surface area contributed by atoms with Crippen LogP contribution in [-0.4, -0.2) is 74.1 Å². The van der Waals surface area contributed by atoms with Gasteiger partial charge in [0.2, 0.25) is 6.23 Å². The molecule has 37 heavy (non-hydrogen) atoms. The van der Waals surface area contributed by atoms with Gasteiger partial charge >= 0.3 is 6.09 Å². The maximum Gasteiger partial charge on any atom is 0.410 e. The second-order valence-corrected chi connectivity index (χ2v) is 11.6. The first-order valence-electron chi connectivity index (χ1n) is 11.9. The Kier molecular flexibility index (Phi) is 7.09. The van der Waals surface area contributed by atoms with Crippen LogP contribution in [0.2, 0.25) is 10.2 Å². The molecule has 4 rings (SSSR count). The summed E-state index contributed by atoms with van der Waals surface area (Å²) in [5.74, 6) is -0.503. The summed E-state index contributed by atoms with van der Waals surface area (Å²) in [5.41, 5.74) is 0.162. The van der Waals surface area contributed by atoms with Crippen molar-refractivity contribution in [2.45, 2.75) is 64.9 Å². The third-order valence-corrected chi connectivity index (χ3v) is 6.83. The van der Waals surface area contributed by atoms with E-state index in [2.05, 4.69) is 9.97 Å². The molecule has 0 aliphatic carbocycles. The highest BCUT2D eigenvalue weighted by molar-refractivity contribution is 6.41. The predicted molar refractivity (Wildman–Crippen MR) is 141 cm³/mol. The van der Waals surface area contributed by atoms with Crippen LogP contribution in [0.5, 0.6) is 0 Å². The standard InChI is InChI=1S/C25H31Cl2N5O5/c1-13(2)17-18(14(3)7-8-28-17)32-20-16(9-15(26)19(27)29-20)31(21(33)22(32)34)12-25(36)10-30(11-25)23(35)37-24(4,5)6/h7-9,13,22,34,36H,10-12H2,1-6H3. The number of aliphatic hydroxyl groups excluding tert-OH is 1. The lowest BCUT2D eigenvalue weighted by atomic mass is 9.93. The molecule has 2 aromatic heterocycles. The van der Waals surface area contributed by atoms with Gasteiger partial charge in [0.15, 0.2) is 5.82 Å². The summed E-state index contributed by atoms with van der Waals surface area (Å²) in [6, 6.07) is 3.27. The Morgan fingerprint density at radius 1 is 1.30 bits per heavy atom. The molecular formula is C25H31Cl2N5O5. The smallest absolute Gasteiger partial charge is 0.410 e. The number of pyridine rings is 2. The van der Waals surface area contributed by atoms with Gasteiger partial charge in [0.05, 0.1) is 41.7 Å². The van der Waals surface area contributed by atoms with Gasteiger partial charge in [0.1, 0.15) is 16.4 Å². The summed E-state index contributed by atoms with van der Waals surface area (Å²) in [7, 11) is 0. The van der Waals surface area contributed by atoms with E-state index in [-0.39, 0.29) is 47.2 Å². The molecule has 4 heterocycles. The molecule has 200 valence electrons. The zero-order valence-corrected chi connectivity index (χ0v) is 23.1. The largest absolute Gasteiger partial charge is 0.444 e. The summed E-state index contributed by atoms with van der Waals surface area (Å²) in [5, 5.41) is 22.5. The molecule has 10 nitrogen and oxygen atoms in total. The van der Waals surface area contributed by atoms with Crippen molar-refractivity contribution in [1.29, 1.82) is 0 Å². The Bertz CT molecular complexity index is 1240. The summed E-state index contributed by atoms with van der Waals surface area (Å²) in [6.45, 7) is 10.7. The molecule has 1 fully saturated rings. The minimum absolute atomic E-state index is 0.00184. The molecule has 2 aliphatic heterocycles. The third-order valence-electron chi connectivity index (χ3n) is 6.16. The lowest BCUT2D eigenvalue weighted by Crippen LogP contribution is -2.69. The monoisotopic (exact) mass is 551 g/mol. The molecule has 2 amide bonds. The van der Waals surface area contributed by atoms with Crippen molar-refractivity contribution in [2.75, 3.05) is 29.4 Å². The molecule has 0 aromatic carbocycles. The van der Waals surface area contributed by atoms with Crippen LogP contribution in [0.3, 0.4) is 0 Å². The topological polar surface area (TPSA) is 119 Å². The van der Waals surface area contributed by atoms with Crippen molar-refractivity contribution in [2.24, 2.45) is 0 Å². The van der Waals surface area contributed by atoms with Crippen LogP contribution >= 0.6 is 23.2 Å². The Balaban J connectivity index is 1.71. The number of fused-ring (bicyclic) bond motifs is 1. The molecule has 1 saturated heterocycles. The predicted octanol–water partition coefficient (Wildman–Crippen LogP) is 4.00. The first kappa shape index (κ1) is 27.4. The van der Waals surface area contributed by atoms with Crippen molar-refractivity contribution < 1.29 is 24.5 Å². The highest BCUT2D eigenvalue weighted by atomic mass is 35.5. The van der Waals surface area contributed by atoms with Crippen molar-refractivity contribution in [3.8, 4) is 0 Å². The molecule has 0 radical (unpaired) electrons. The highest BCUT2D eigenvalue weighted by Gasteiger charge is 2.50. The number of aryl methyl sites for hydroxylation is 1. The van der Waals surface area contributed by atoms with Crippen LogP contribution in [0.15, 0.2) is 18.3 Å². The minimum Gasteiger partial charge on any atom is -0.444 e. The maximum absolute atomic E-state index is 13.6. The number of amides is 2. The summed E-state index contributed by atoms with van der Waals surface area (Å²) in [6.07, 6.45) is -0.550. The van der Waals surface area contributed by atoms with Crippen molar-refractivity contribution in [3.63, 3.8) is 0 Å². The molecule has 0 saturated carbocycles. The molecule has 1 atom stereocenters. The number of carbonyl (C=O) groups excluding carboxylic acids is 2. The number of ether oxygens (including phenoxy) is 1. The van der Waals surface area contributed by atoms with Gasteiger partial charge in [-0.15, -0.1) is 0 Å². The number of halogens is 2. The lowest BCUT2D eigenvalue weighted by molar-refractivity contribution is -0.130. The van der Waals surface area contributed by atoms with E-state index in [1.165, 1.54) is 20.8 Å². The van der Waals surface area contributed by atoms with Crippen molar-refractivity contribution in [3.05, 3.63) is 39.8 Å². The lowest BCUT2D eigenvalue weighted by Gasteiger charge is -2.49. The number of likely N-dealkylation sites (tertiary alicyclic amines) is 1. The second kappa shape index (κ2) is 9.58. The Labute approximate surface area is 225 Å². The number of anilines is 3. The van der Waals surface area contributed by atoms with Gasteiger partial charge in [-0.3, -0.25) is 14.7 Å². The fourth-order valence-corrected chi connectivity index (χ4v) is 4.80. The number of hydrogen-bond acceptors (Lipinski definition) is 8. The van der Waals surface area contributed by atoms with Crippen molar-refractivity contribution >= 4 is 52.4 Å². The van der Waals surface area contributed by atoms with E-state index in [9.17, 15) is 19.8 Å². The van der Waals surface area contributed by atoms with E-state index in [4.69, 9.17) is 27.9 Å². The van der Waals surface area contributed by atoms with Gasteiger partial charge < -0.3 is 24.7 Å². The Morgan fingerprint density at radius 2 is 1.95 bits per heavy atom. The number of β-amino-alcohol motifs (C(OH)–C–C–N with tert-alkyl or cyclic N) is 1. The number of rotatable bonds is 4. The number of aromatic nitrogens is 2. The minimum atomic E-state index is -1.66. The molecule has 2 aromatic rings. The van der Waals surface area contributed by atoms with Crippen molar-refractivity contribution in [1.82, 2.24) is 14.9 Å². The number of aliphatic hydroxyl groups is 2. The van der Waals surface area contributed by atoms with Crippen LogP contribution in [0, 0.1) is 6.92 Å². The van der Waals surface area contributed by atoms with Crippen LogP contribution in [0.4, 0.5) is 22.0 Å². The van der Waals surface area contributed by atoms with E-state index in [1.54, 1.807) is 33.0 Å². The summed E-state index contributed by atoms with van der Waals surface area (Å²) in [4.78, 5) is 38.8. The molecular weight excluding hydrogens is 521 g/mol. The average Bonchev–Trinajstić information content (AvgIpc) is 2.76. The Hall–Kier alpha value is -2.66. The molecule has 2 N–H and O–H groups in total. The fourth-order valence-electron chi connectivity index (χ4n) is 4.52. The van der Waals surface area contributed by atoms with Gasteiger partial charge in [-0.2, -0.15) is 0 Å². The summed E-state index contributed by atoms with van der Waals surface area (Å²) < 4.78 is 5.35. The van der Waals surface area contributed by atoms with E-state index >= 15 is 0 Å². The second-order valence-electron chi connectivity index (χ2n) is 10.8. The molecule has 2 aliphatic rings. The number of hydrogen-bond donors (Lipinski definition) is 2. The Morgan fingerprint density at radius 3 is 2.54 bits per heavy atom. The third kappa shape index (κ3) is 5.20. The first-order chi connectivity index (χ1) is 17.1. The van der Waals surface area contributed by atoms with Crippen LogP contribution in [0.25, 0.3) is 0 Å². The fraction of sp³-hybridized carbons (Fsp3) is 0.520. The first-order valence-corrected chi connectivity index (χ1v) is 12.7. The SMILES string of the molecule is Cc1ccnc(C(C)C)c1N1c2nc(Cl)c(Cl)cc2N(CC2(O)CN(C(=O)OC(C)(C)C)C2)C(=O)C1O. The van der Waals surface area contributed by atoms with Gasteiger partial charge in [0, 0.05) is 6.20 Å². The van der Waals surface area contributed by atoms with E-state index in [0.717, 1.165) is 5.56 Å². The maximum atomic E-state index is 13.6. The van der Waals surface area contributed by atoms with Gasteiger partial charge in [0.25, 0.3) is 5.91 Å². The van der Waals surface area contributed by atoms with Gasteiger partial charge in [-0.05, 0) is 51.3 Å². The average molecular weight is 552 g/mol. The molecule has 1 unspecified atom stereocenters. The molecule has 0 bridgehead atoms. The van der Waals surface area contributed by atoms with E-state index < -0.39 is 29.4 Å². The quantitative estimate of drug-likeness (QED) is 0.547. The van der Waals surface area contributed by atoms with E-state index in [0.29, 0.717) is 11.4 Å². The van der Waals surface area contributed by atoms with E-state index in [1.807, 2.05) is 20.8 Å². The van der Waals surface area contributed by atoms with Crippen LogP contribution in [-0.2, 0) is 9.53 Å². The van der Waals surface area contributed by atoms with Gasteiger partial charge in [-0.25, -0.2) is 9.78 Å². The molecule has 0 spiro atoms. The normalized spacial score (nSPS) is 19.2. The number of carbonyl (C=O) groups is 2. The molecule has 12 heteroatoms. The zero-order chi connectivity index (χ0) is 27.4. The highest BCUT2D eigenvalue weighted by Crippen LogP contribution is 2.45.